The van der Waals surface area contributed by atoms with Crippen molar-refractivity contribution in [1.82, 2.24) is 34.6 Å². The van der Waals surface area contributed by atoms with Crippen LogP contribution in [0.15, 0.2) is 24.8 Å². The number of carbonyl (C=O) groups is 2. The second kappa shape index (κ2) is 13.6. The monoisotopic (exact) mass is 618 g/mol. The molecule has 0 unspecified atom stereocenters. The number of amides is 2. The summed E-state index contributed by atoms with van der Waals surface area (Å²) < 4.78 is 39.2. The van der Waals surface area contributed by atoms with E-state index in [1.165, 1.54) is 24.4 Å². The molecular weight excluding hydrogens is 578 g/mol. The number of fused-ring (bicyclic) bond motifs is 1. The van der Waals surface area contributed by atoms with Crippen molar-refractivity contribution in [2.75, 3.05) is 50.1 Å². The number of aryl methyl sites for hydroxylation is 1. The highest BCUT2D eigenvalue weighted by atomic mass is 19.1. The standard InChI is InChI=1S/C19H23FN8O2.C9H17FN2O2/c1-4-21-14-9-27(8-12(14)20)16-6-22-13(5-23-16)18(29)25-15-10-28-7-11(2)24-17(28)19(26-15)30-3;1-9(2,3)14-8(13)12-4-6(10)7(11)5-12/h5-7,10,12,14,21H,4,8-9H2,1-3H3,(H,25,29);6-7H,4-5,11H2,1-3H3/t12-,14+;6-,7+/m00/s1. The molecule has 2 amide bonds. The van der Waals surface area contributed by atoms with Gasteiger partial charge in [0.2, 0.25) is 5.65 Å². The summed E-state index contributed by atoms with van der Waals surface area (Å²) in [4.78, 5) is 44.2. The van der Waals surface area contributed by atoms with Crippen LogP contribution in [-0.2, 0) is 4.74 Å². The molecule has 2 saturated heterocycles. The van der Waals surface area contributed by atoms with Crippen LogP contribution in [0.5, 0.6) is 5.88 Å². The minimum atomic E-state index is -1.14. The van der Waals surface area contributed by atoms with Crippen LogP contribution in [0.25, 0.3) is 5.65 Å². The van der Waals surface area contributed by atoms with E-state index >= 15 is 0 Å². The fourth-order valence-corrected chi connectivity index (χ4v) is 4.74. The number of likely N-dealkylation sites (tertiary alicyclic amines) is 1. The molecule has 44 heavy (non-hydrogen) atoms. The average Bonchev–Trinajstić information content (AvgIpc) is 3.63. The van der Waals surface area contributed by atoms with Crippen molar-refractivity contribution in [3.63, 3.8) is 0 Å². The number of nitrogens with zero attached hydrogens (tertiary/aromatic N) is 7. The first-order valence-electron chi connectivity index (χ1n) is 14.3. The van der Waals surface area contributed by atoms with Crippen LogP contribution in [0.4, 0.5) is 25.2 Å². The van der Waals surface area contributed by atoms with Crippen molar-refractivity contribution in [3.8, 4) is 5.88 Å². The third kappa shape index (κ3) is 8.05. The van der Waals surface area contributed by atoms with Crippen molar-refractivity contribution in [2.45, 2.75) is 64.6 Å². The zero-order valence-corrected chi connectivity index (χ0v) is 25.8. The normalized spacial score (nSPS) is 21.7. The van der Waals surface area contributed by atoms with Gasteiger partial charge in [0, 0.05) is 19.3 Å². The first-order chi connectivity index (χ1) is 20.8. The summed E-state index contributed by atoms with van der Waals surface area (Å²) in [5.74, 6) is 0.660. The van der Waals surface area contributed by atoms with Crippen molar-refractivity contribution >= 4 is 29.3 Å². The van der Waals surface area contributed by atoms with E-state index in [-0.39, 0.29) is 31.4 Å². The fraction of sp³-hybridized carbons (Fsp3) is 0.571. The van der Waals surface area contributed by atoms with Gasteiger partial charge < -0.3 is 35.6 Å². The summed E-state index contributed by atoms with van der Waals surface area (Å²) in [7, 11) is 1.49. The summed E-state index contributed by atoms with van der Waals surface area (Å²) >= 11 is 0. The molecule has 4 N–H and O–H groups in total. The second-order valence-electron chi connectivity index (χ2n) is 11.6. The predicted octanol–water partition coefficient (Wildman–Crippen LogP) is 2.13. The summed E-state index contributed by atoms with van der Waals surface area (Å²) in [5.41, 5.74) is 6.39. The van der Waals surface area contributed by atoms with E-state index in [1.54, 1.807) is 37.6 Å². The van der Waals surface area contributed by atoms with Gasteiger partial charge in [-0.3, -0.25) is 9.20 Å². The SMILES string of the molecule is CC(C)(C)OC(=O)N1C[C@@H](N)[C@@H](F)C1.CCN[C@@H]1CN(c2cnc(C(=O)Nc3cn4cc(C)nc4c(OC)n3)cn2)C[C@@H]1F. The summed E-state index contributed by atoms with van der Waals surface area (Å²) in [6.45, 7) is 10.8. The zero-order valence-electron chi connectivity index (χ0n) is 25.8. The number of nitrogens with two attached hydrogens (primary N) is 1. The first-order valence-corrected chi connectivity index (χ1v) is 14.3. The van der Waals surface area contributed by atoms with Gasteiger partial charge in [-0.1, -0.05) is 6.92 Å². The van der Waals surface area contributed by atoms with Crippen LogP contribution < -0.4 is 26.0 Å². The lowest BCUT2D eigenvalue weighted by atomic mass is 10.2. The number of rotatable bonds is 6. The number of halogens is 2. The second-order valence-corrected chi connectivity index (χ2v) is 11.6. The molecular formula is C28H40F2N10O4. The number of anilines is 2. The average molecular weight is 619 g/mol. The fourth-order valence-electron chi connectivity index (χ4n) is 4.74. The Kier molecular flexibility index (Phi) is 10.1. The van der Waals surface area contributed by atoms with E-state index < -0.39 is 36.0 Å². The van der Waals surface area contributed by atoms with Gasteiger partial charge in [0.15, 0.2) is 5.82 Å². The Morgan fingerprint density at radius 3 is 2.41 bits per heavy atom. The number of aromatic nitrogens is 5. The number of ether oxygens (including phenoxy) is 2. The lowest BCUT2D eigenvalue weighted by Crippen LogP contribution is -2.37. The molecule has 2 fully saturated rings. The first kappa shape index (κ1) is 32.7. The number of likely N-dealkylation sites (N-methyl/N-ethyl adjacent to an activating group) is 1. The van der Waals surface area contributed by atoms with E-state index in [0.29, 0.717) is 36.3 Å². The molecule has 5 heterocycles. The molecule has 240 valence electrons. The van der Waals surface area contributed by atoms with E-state index in [0.717, 1.165) is 5.69 Å². The maximum atomic E-state index is 14.1. The number of hydrogen-bond donors (Lipinski definition) is 3. The van der Waals surface area contributed by atoms with E-state index in [4.69, 9.17) is 15.2 Å². The van der Waals surface area contributed by atoms with Gasteiger partial charge in [0.1, 0.15) is 29.5 Å². The molecule has 2 aliphatic rings. The molecule has 16 heteroatoms. The topological polar surface area (TPSA) is 165 Å². The lowest BCUT2D eigenvalue weighted by Gasteiger charge is -2.24. The Morgan fingerprint density at radius 1 is 1.07 bits per heavy atom. The Morgan fingerprint density at radius 2 is 1.82 bits per heavy atom. The Balaban J connectivity index is 0.000000265. The number of carbonyl (C=O) groups excluding carboxylic acids is 2. The molecule has 5 rings (SSSR count). The van der Waals surface area contributed by atoms with Crippen molar-refractivity contribution in [1.29, 1.82) is 0 Å². The van der Waals surface area contributed by atoms with Crippen LogP contribution in [0, 0.1) is 6.92 Å². The Labute approximate surface area is 254 Å². The molecule has 2 aliphatic heterocycles. The van der Waals surface area contributed by atoms with Gasteiger partial charge >= 0.3 is 6.09 Å². The van der Waals surface area contributed by atoms with Gasteiger partial charge in [-0.2, -0.15) is 4.98 Å². The highest BCUT2D eigenvalue weighted by Gasteiger charge is 2.35. The number of hydrogen-bond acceptors (Lipinski definition) is 11. The van der Waals surface area contributed by atoms with Crippen LogP contribution >= 0.6 is 0 Å². The van der Waals surface area contributed by atoms with E-state index in [1.807, 2.05) is 18.7 Å². The van der Waals surface area contributed by atoms with Crippen molar-refractivity contribution < 1.29 is 27.8 Å². The molecule has 4 atom stereocenters. The van der Waals surface area contributed by atoms with Crippen LogP contribution in [0.2, 0.25) is 0 Å². The minimum absolute atomic E-state index is 0.0378. The molecule has 0 aromatic carbocycles. The highest BCUT2D eigenvalue weighted by molar-refractivity contribution is 6.02. The van der Waals surface area contributed by atoms with Crippen LogP contribution in [0.1, 0.15) is 43.9 Å². The number of imidazole rings is 1. The number of alkyl halides is 2. The maximum Gasteiger partial charge on any atom is 0.410 e. The molecule has 3 aromatic heterocycles. The van der Waals surface area contributed by atoms with Gasteiger partial charge in [0.25, 0.3) is 11.8 Å². The summed E-state index contributed by atoms with van der Waals surface area (Å²) in [5, 5.41) is 5.81. The number of nitrogens with one attached hydrogen (secondary N) is 2. The van der Waals surface area contributed by atoms with Crippen molar-refractivity contribution in [2.24, 2.45) is 5.73 Å². The molecule has 0 spiro atoms. The van der Waals surface area contributed by atoms with Gasteiger partial charge in [0.05, 0.1) is 56.6 Å². The molecule has 14 nitrogen and oxygen atoms in total. The molecule has 0 saturated carbocycles. The summed E-state index contributed by atoms with van der Waals surface area (Å²) in [6.07, 6.45) is 3.69. The largest absolute Gasteiger partial charge is 0.478 e. The highest BCUT2D eigenvalue weighted by Crippen LogP contribution is 2.22. The third-order valence-electron chi connectivity index (χ3n) is 6.81. The number of methoxy groups -OCH3 is 1. The van der Waals surface area contributed by atoms with E-state index in [9.17, 15) is 18.4 Å². The Bertz CT molecular complexity index is 1440. The quantitative estimate of drug-likeness (QED) is 0.371. The van der Waals surface area contributed by atoms with Crippen LogP contribution in [0.3, 0.4) is 0 Å². The summed E-state index contributed by atoms with van der Waals surface area (Å²) in [6, 6.07) is -0.815. The van der Waals surface area contributed by atoms with Crippen molar-refractivity contribution in [3.05, 3.63) is 36.2 Å². The van der Waals surface area contributed by atoms with Crippen LogP contribution in [-0.4, -0.2) is 111 Å². The molecule has 0 aliphatic carbocycles. The molecule has 3 aromatic rings. The minimum Gasteiger partial charge on any atom is -0.478 e. The lowest BCUT2D eigenvalue weighted by molar-refractivity contribution is 0.0283. The maximum absolute atomic E-state index is 14.1. The van der Waals surface area contributed by atoms with Gasteiger partial charge in [-0.15, -0.1) is 0 Å². The predicted molar refractivity (Wildman–Crippen MR) is 160 cm³/mol. The van der Waals surface area contributed by atoms with E-state index in [2.05, 4.69) is 30.6 Å². The van der Waals surface area contributed by atoms with Gasteiger partial charge in [-0.25, -0.2) is 28.5 Å². The molecule has 0 radical (unpaired) electrons. The third-order valence-corrected chi connectivity index (χ3v) is 6.81. The molecule has 0 bridgehead atoms. The smallest absolute Gasteiger partial charge is 0.410 e. The zero-order chi connectivity index (χ0) is 32.2. The Hall–Kier alpha value is -4.18. The van der Waals surface area contributed by atoms with Gasteiger partial charge in [-0.05, 0) is 34.2 Å².